The van der Waals surface area contributed by atoms with Crippen LogP contribution >= 0.6 is 0 Å². The Kier molecular flexibility index (Phi) is 5.80. The molecule has 0 saturated heterocycles. The fraction of sp³-hybridized carbons (Fsp3) is 0.350. The molecule has 2 rings (SSSR count). The van der Waals surface area contributed by atoms with Crippen LogP contribution in [0, 0.1) is 6.92 Å². The highest BCUT2D eigenvalue weighted by atomic mass is 16.5. The van der Waals surface area contributed by atoms with Gasteiger partial charge in [0, 0.05) is 5.69 Å². The van der Waals surface area contributed by atoms with E-state index < -0.39 is 0 Å². The number of methoxy groups -OCH3 is 1. The molecule has 23 heavy (non-hydrogen) atoms. The third kappa shape index (κ3) is 4.13. The molecule has 0 aromatic heterocycles. The number of benzene rings is 2. The number of hydrogen-bond acceptors (Lipinski definition) is 2. The Morgan fingerprint density at radius 3 is 2.30 bits per heavy atom. The van der Waals surface area contributed by atoms with Crippen molar-refractivity contribution in [1.82, 2.24) is 0 Å². The smallest absolute Gasteiger partial charge is 0.228 e. The van der Waals surface area contributed by atoms with Gasteiger partial charge in [0.2, 0.25) is 5.91 Å². The quantitative estimate of drug-likeness (QED) is 0.863. The summed E-state index contributed by atoms with van der Waals surface area (Å²) in [6.07, 6.45) is 2.15. The van der Waals surface area contributed by atoms with E-state index in [4.69, 9.17) is 4.74 Å². The van der Waals surface area contributed by atoms with Crippen molar-refractivity contribution in [3.05, 3.63) is 58.7 Å². The average molecular weight is 311 g/mol. The lowest BCUT2D eigenvalue weighted by Gasteiger charge is -2.15. The van der Waals surface area contributed by atoms with Gasteiger partial charge in [0.15, 0.2) is 0 Å². The number of ether oxygens (including phenoxy) is 1. The van der Waals surface area contributed by atoms with Gasteiger partial charge in [-0.05, 0) is 48.1 Å². The number of rotatable bonds is 6. The Labute approximate surface area is 138 Å². The summed E-state index contributed by atoms with van der Waals surface area (Å²) in [4.78, 5) is 12.5. The van der Waals surface area contributed by atoms with Gasteiger partial charge in [-0.25, -0.2) is 0 Å². The molecular weight excluding hydrogens is 286 g/mol. The first kappa shape index (κ1) is 17.1. The number of amides is 1. The summed E-state index contributed by atoms with van der Waals surface area (Å²) in [5, 5.41) is 3.10. The predicted octanol–water partition coefficient (Wildman–Crippen LogP) is 4.31. The first-order valence-corrected chi connectivity index (χ1v) is 8.13. The third-order valence-electron chi connectivity index (χ3n) is 4.10. The van der Waals surface area contributed by atoms with E-state index in [1.165, 1.54) is 11.1 Å². The normalized spacial score (nSPS) is 10.4. The van der Waals surface area contributed by atoms with Crippen LogP contribution in [-0.2, 0) is 24.1 Å². The lowest BCUT2D eigenvalue weighted by Crippen LogP contribution is -2.17. The zero-order valence-electron chi connectivity index (χ0n) is 14.4. The van der Waals surface area contributed by atoms with Gasteiger partial charge < -0.3 is 10.1 Å². The van der Waals surface area contributed by atoms with E-state index in [0.29, 0.717) is 6.42 Å². The number of carbonyl (C=O) groups is 1. The molecular formula is C20H25NO2. The first-order valence-electron chi connectivity index (χ1n) is 8.13. The van der Waals surface area contributed by atoms with Crippen molar-refractivity contribution in [2.24, 2.45) is 0 Å². The number of carbonyl (C=O) groups excluding carboxylic acids is 1. The van der Waals surface area contributed by atoms with E-state index in [2.05, 4.69) is 37.4 Å². The Balaban J connectivity index is 2.17. The molecule has 0 saturated carbocycles. The summed E-state index contributed by atoms with van der Waals surface area (Å²) in [7, 11) is 1.65. The molecule has 0 aliphatic rings. The summed E-state index contributed by atoms with van der Waals surface area (Å²) >= 11 is 0. The van der Waals surface area contributed by atoms with E-state index in [0.717, 1.165) is 35.4 Å². The molecule has 1 N–H and O–H groups in total. The molecule has 2 aromatic rings. The fourth-order valence-electron chi connectivity index (χ4n) is 2.75. The van der Waals surface area contributed by atoms with Gasteiger partial charge in [0.25, 0.3) is 0 Å². The van der Waals surface area contributed by atoms with E-state index in [1.54, 1.807) is 7.11 Å². The van der Waals surface area contributed by atoms with Gasteiger partial charge in [-0.3, -0.25) is 4.79 Å². The van der Waals surface area contributed by atoms with Crippen LogP contribution in [0.25, 0.3) is 0 Å². The summed E-state index contributed by atoms with van der Waals surface area (Å²) in [5.74, 6) is 0.824. The Bertz CT molecular complexity index is 670. The highest BCUT2D eigenvalue weighted by molar-refractivity contribution is 5.93. The Morgan fingerprint density at radius 1 is 1.09 bits per heavy atom. The van der Waals surface area contributed by atoms with Crippen molar-refractivity contribution in [3.63, 3.8) is 0 Å². The molecule has 0 aliphatic heterocycles. The minimum atomic E-state index is 0.00602. The molecule has 2 aromatic carbocycles. The lowest BCUT2D eigenvalue weighted by molar-refractivity contribution is -0.115. The van der Waals surface area contributed by atoms with Gasteiger partial charge in [-0.2, -0.15) is 0 Å². The average Bonchev–Trinajstić information content (AvgIpc) is 2.56. The van der Waals surface area contributed by atoms with Crippen molar-refractivity contribution >= 4 is 11.6 Å². The minimum absolute atomic E-state index is 0.00602. The molecule has 0 bridgehead atoms. The number of aryl methyl sites for hydroxylation is 3. The molecule has 1 amide bonds. The third-order valence-corrected chi connectivity index (χ3v) is 4.10. The standard InChI is InChI=1S/C20H25NO2/c1-5-16-8-7-9-17(6-2)20(16)21-19(22)13-15-11-10-14(3)18(12-15)23-4/h7-12H,5-6,13H2,1-4H3,(H,21,22). The zero-order valence-corrected chi connectivity index (χ0v) is 14.4. The molecule has 0 heterocycles. The monoisotopic (exact) mass is 311 g/mol. The second-order valence-electron chi connectivity index (χ2n) is 5.69. The van der Waals surface area contributed by atoms with E-state index in [9.17, 15) is 4.79 Å². The van der Waals surface area contributed by atoms with Gasteiger partial charge in [0.1, 0.15) is 5.75 Å². The highest BCUT2D eigenvalue weighted by Gasteiger charge is 2.11. The summed E-state index contributed by atoms with van der Waals surface area (Å²) in [5.41, 5.74) is 5.36. The van der Waals surface area contributed by atoms with Crippen molar-refractivity contribution in [2.75, 3.05) is 12.4 Å². The number of hydrogen-bond donors (Lipinski definition) is 1. The van der Waals surface area contributed by atoms with Crippen molar-refractivity contribution in [1.29, 1.82) is 0 Å². The van der Waals surface area contributed by atoms with Gasteiger partial charge in [-0.1, -0.05) is 44.2 Å². The van der Waals surface area contributed by atoms with Crippen molar-refractivity contribution < 1.29 is 9.53 Å². The number of anilines is 1. The van der Waals surface area contributed by atoms with E-state index >= 15 is 0 Å². The van der Waals surface area contributed by atoms with Crippen LogP contribution in [-0.4, -0.2) is 13.0 Å². The van der Waals surface area contributed by atoms with Gasteiger partial charge >= 0.3 is 0 Å². The molecule has 3 nitrogen and oxygen atoms in total. The second kappa shape index (κ2) is 7.82. The van der Waals surface area contributed by atoms with Crippen LogP contribution in [0.1, 0.15) is 36.1 Å². The molecule has 122 valence electrons. The maximum atomic E-state index is 12.5. The second-order valence-corrected chi connectivity index (χ2v) is 5.69. The van der Waals surface area contributed by atoms with E-state index in [-0.39, 0.29) is 5.91 Å². The summed E-state index contributed by atoms with van der Waals surface area (Å²) < 4.78 is 5.33. The summed E-state index contributed by atoms with van der Waals surface area (Å²) in [6.45, 7) is 6.21. The van der Waals surface area contributed by atoms with Crippen molar-refractivity contribution in [3.8, 4) is 5.75 Å². The topological polar surface area (TPSA) is 38.3 Å². The van der Waals surface area contributed by atoms with Crippen LogP contribution in [0.5, 0.6) is 5.75 Å². The van der Waals surface area contributed by atoms with Gasteiger partial charge in [-0.15, -0.1) is 0 Å². The highest BCUT2D eigenvalue weighted by Crippen LogP contribution is 2.23. The summed E-state index contributed by atoms with van der Waals surface area (Å²) in [6, 6.07) is 12.1. The van der Waals surface area contributed by atoms with Crippen molar-refractivity contribution in [2.45, 2.75) is 40.0 Å². The van der Waals surface area contributed by atoms with E-state index in [1.807, 2.05) is 25.1 Å². The molecule has 0 spiro atoms. The molecule has 0 fully saturated rings. The largest absolute Gasteiger partial charge is 0.496 e. The molecule has 3 heteroatoms. The minimum Gasteiger partial charge on any atom is -0.496 e. The Hall–Kier alpha value is -2.29. The van der Waals surface area contributed by atoms with Gasteiger partial charge in [0.05, 0.1) is 13.5 Å². The number of para-hydroxylation sites is 1. The number of nitrogens with one attached hydrogen (secondary N) is 1. The lowest BCUT2D eigenvalue weighted by atomic mass is 10.0. The predicted molar refractivity (Wildman–Crippen MR) is 95.3 cm³/mol. The van der Waals surface area contributed by atoms with Crippen LogP contribution in [0.3, 0.4) is 0 Å². The first-order chi connectivity index (χ1) is 11.1. The van der Waals surface area contributed by atoms with Crippen LogP contribution in [0.15, 0.2) is 36.4 Å². The molecule has 0 atom stereocenters. The fourth-order valence-corrected chi connectivity index (χ4v) is 2.75. The molecule has 0 radical (unpaired) electrons. The Morgan fingerprint density at radius 2 is 1.74 bits per heavy atom. The maximum absolute atomic E-state index is 12.5. The maximum Gasteiger partial charge on any atom is 0.228 e. The zero-order chi connectivity index (χ0) is 16.8. The molecule has 0 unspecified atom stereocenters. The SMILES string of the molecule is CCc1cccc(CC)c1NC(=O)Cc1ccc(C)c(OC)c1. The van der Waals surface area contributed by atoms with Crippen LogP contribution in [0.2, 0.25) is 0 Å². The molecule has 0 aliphatic carbocycles. The van der Waals surface area contributed by atoms with Crippen LogP contribution in [0.4, 0.5) is 5.69 Å². The van der Waals surface area contributed by atoms with Crippen LogP contribution < -0.4 is 10.1 Å².